The van der Waals surface area contributed by atoms with E-state index in [-0.39, 0.29) is 53.4 Å². The third kappa shape index (κ3) is 10.2. The second kappa shape index (κ2) is 16.8. The fraction of sp³-hybridized carbons (Fsp3) is 0.577. The van der Waals surface area contributed by atoms with E-state index in [1.807, 2.05) is 11.8 Å². The maximum Gasteiger partial charge on any atom is 0.315 e. The summed E-state index contributed by atoms with van der Waals surface area (Å²) in [5, 5.41) is 11.9. The van der Waals surface area contributed by atoms with E-state index in [9.17, 15) is 27.2 Å². The van der Waals surface area contributed by atoms with Gasteiger partial charge in [-0.3, -0.25) is 9.59 Å². The van der Waals surface area contributed by atoms with Crippen LogP contribution in [-0.4, -0.2) is 74.7 Å². The molecule has 2 aliphatic rings. The molecule has 14 heteroatoms. The maximum absolute atomic E-state index is 13.8. The number of halogens is 2. The van der Waals surface area contributed by atoms with E-state index in [0.29, 0.717) is 31.2 Å². The van der Waals surface area contributed by atoms with E-state index in [0.717, 1.165) is 43.9 Å². The molecular weight excluding hydrogens is 581 g/mol. The quantitative estimate of drug-likeness (QED) is 0.140. The number of sulfone groups is 1. The van der Waals surface area contributed by atoms with Crippen LogP contribution in [0.2, 0.25) is 0 Å². The molecule has 0 spiro atoms. The summed E-state index contributed by atoms with van der Waals surface area (Å²) in [7, 11) is -4.05. The highest BCUT2D eigenvalue weighted by Gasteiger charge is 2.42. The molecule has 0 unspecified atom stereocenters. The minimum atomic E-state index is -4.05. The molecule has 4 amide bonds. The van der Waals surface area contributed by atoms with Crippen molar-refractivity contribution < 1.29 is 27.2 Å². The first kappa shape index (κ1) is 33.9. The maximum atomic E-state index is 13.8. The fourth-order valence-corrected chi connectivity index (χ4v) is 7.65. The average molecular weight is 620 g/mol. The number of hydrogen-bond acceptors (Lipinski definition) is 7. The first-order valence-corrected chi connectivity index (χ1v) is 16.0. The highest BCUT2D eigenvalue weighted by Crippen LogP contribution is 2.33. The zero-order chi connectivity index (χ0) is 28.3. The van der Waals surface area contributed by atoms with Crippen LogP contribution in [0.5, 0.6) is 0 Å². The van der Waals surface area contributed by atoms with Crippen LogP contribution in [0.1, 0.15) is 55.3 Å². The number of rotatable bonds is 16. The first-order valence-electron chi connectivity index (χ1n) is 13.3. The molecule has 3 rings (SSSR count). The van der Waals surface area contributed by atoms with Gasteiger partial charge in [-0.05, 0) is 50.3 Å². The normalized spacial score (nSPS) is 20.2. The molecule has 1 aromatic rings. The van der Waals surface area contributed by atoms with Gasteiger partial charge in [0.1, 0.15) is 11.6 Å². The fourth-order valence-electron chi connectivity index (χ4n) is 4.69. The second-order valence-corrected chi connectivity index (χ2v) is 12.9. The molecule has 224 valence electrons. The molecule has 2 heterocycles. The number of fused-ring (bicyclic) bond motifs is 1. The molecule has 0 saturated carbocycles. The molecule has 0 aliphatic carbocycles. The summed E-state index contributed by atoms with van der Waals surface area (Å²) in [6.07, 6.45) is 6.38. The zero-order valence-corrected chi connectivity index (χ0v) is 24.8. The predicted octanol–water partition coefficient (Wildman–Crippen LogP) is 2.44. The first-order chi connectivity index (χ1) is 18.7. The topological polar surface area (TPSA) is 159 Å². The molecule has 3 atom stereocenters. The van der Waals surface area contributed by atoms with E-state index in [2.05, 4.69) is 21.3 Å². The van der Waals surface area contributed by atoms with Gasteiger partial charge in [0, 0.05) is 37.1 Å². The van der Waals surface area contributed by atoms with Gasteiger partial charge in [-0.15, -0.1) is 12.4 Å². The molecular formula is C26H39ClFN5O5S2. The van der Waals surface area contributed by atoms with E-state index < -0.39 is 27.3 Å². The molecule has 40 heavy (non-hydrogen) atoms. The number of carbonyl (C=O) groups excluding carboxylic acids is 3. The lowest BCUT2D eigenvalue weighted by Gasteiger charge is -2.16. The molecule has 1 aromatic carbocycles. The van der Waals surface area contributed by atoms with Crippen molar-refractivity contribution in [1.82, 2.24) is 21.3 Å². The Morgan fingerprint density at radius 1 is 1.07 bits per heavy atom. The van der Waals surface area contributed by atoms with Gasteiger partial charge in [0.15, 0.2) is 9.84 Å². The van der Waals surface area contributed by atoms with Gasteiger partial charge in [-0.1, -0.05) is 18.6 Å². The summed E-state index contributed by atoms with van der Waals surface area (Å²) in [6, 6.07) is 6.05. The van der Waals surface area contributed by atoms with Gasteiger partial charge in [-0.25, -0.2) is 17.6 Å². The van der Waals surface area contributed by atoms with E-state index in [1.54, 1.807) is 6.07 Å². The van der Waals surface area contributed by atoms with Crippen LogP contribution < -0.4 is 27.0 Å². The highest BCUT2D eigenvalue weighted by atomic mass is 35.5. The van der Waals surface area contributed by atoms with Crippen LogP contribution in [0.15, 0.2) is 41.1 Å². The van der Waals surface area contributed by atoms with Crippen molar-refractivity contribution in [2.45, 2.75) is 67.2 Å². The van der Waals surface area contributed by atoms with Crippen molar-refractivity contribution in [3.63, 3.8) is 0 Å². The molecule has 0 aromatic heterocycles. The van der Waals surface area contributed by atoms with Gasteiger partial charge < -0.3 is 27.0 Å². The van der Waals surface area contributed by atoms with Crippen molar-refractivity contribution in [2.24, 2.45) is 5.73 Å². The molecule has 10 nitrogen and oxygen atoms in total. The Balaban J connectivity index is 0.00000560. The smallest absolute Gasteiger partial charge is 0.315 e. The Morgan fingerprint density at radius 3 is 2.55 bits per heavy atom. The van der Waals surface area contributed by atoms with Crippen LogP contribution >= 0.6 is 24.2 Å². The van der Waals surface area contributed by atoms with Crippen molar-refractivity contribution in [3.05, 3.63) is 41.7 Å². The van der Waals surface area contributed by atoms with Crippen molar-refractivity contribution in [1.29, 1.82) is 0 Å². The minimum absolute atomic E-state index is 0. The Bertz CT molecular complexity index is 1150. The van der Waals surface area contributed by atoms with Crippen LogP contribution in [0.4, 0.5) is 9.18 Å². The number of thioether (sulfide) groups is 1. The largest absolute Gasteiger partial charge is 0.356 e. The minimum Gasteiger partial charge on any atom is -0.356 e. The molecule has 0 bridgehead atoms. The number of carbonyl (C=O) groups is 3. The third-order valence-electron chi connectivity index (χ3n) is 6.68. The number of nitrogens with two attached hydrogens (primary N) is 1. The van der Waals surface area contributed by atoms with Gasteiger partial charge in [0.05, 0.1) is 22.5 Å². The predicted molar refractivity (Wildman–Crippen MR) is 157 cm³/mol. The number of nitrogens with one attached hydrogen (secondary N) is 4. The lowest BCUT2D eigenvalue weighted by atomic mass is 10.0. The molecule has 0 radical (unpaired) electrons. The SMILES string of the molecule is Cl.NC/C=C(\F)CS(=O)(=O)c1ccccc1C(=O)NCCCCCNC(=O)CCCC[C@@H]1SC[C@@H]2NC(=O)N[C@@H]21. The van der Waals surface area contributed by atoms with Crippen LogP contribution in [-0.2, 0) is 14.6 Å². The summed E-state index contributed by atoms with van der Waals surface area (Å²) in [5.41, 5.74) is 5.20. The molecule has 2 fully saturated rings. The molecule has 6 N–H and O–H groups in total. The monoisotopic (exact) mass is 619 g/mol. The van der Waals surface area contributed by atoms with Gasteiger partial charge >= 0.3 is 6.03 Å². The number of unbranched alkanes of at least 4 members (excludes halogenated alkanes) is 3. The Morgan fingerprint density at radius 2 is 1.80 bits per heavy atom. The van der Waals surface area contributed by atoms with E-state index in [1.165, 1.54) is 18.2 Å². The van der Waals surface area contributed by atoms with Crippen molar-refractivity contribution in [3.8, 4) is 0 Å². The number of amides is 4. The summed E-state index contributed by atoms with van der Waals surface area (Å²) in [5.74, 6) is -1.30. The number of benzene rings is 1. The number of hydrogen-bond donors (Lipinski definition) is 5. The van der Waals surface area contributed by atoms with E-state index in [4.69, 9.17) is 5.73 Å². The Labute approximate surface area is 245 Å². The average Bonchev–Trinajstić information content (AvgIpc) is 3.44. The highest BCUT2D eigenvalue weighted by molar-refractivity contribution is 8.00. The molecule has 2 saturated heterocycles. The summed E-state index contributed by atoms with van der Waals surface area (Å²) >= 11 is 1.87. The van der Waals surface area contributed by atoms with Gasteiger partial charge in [0.25, 0.3) is 5.91 Å². The Hall–Kier alpha value is -2.35. The van der Waals surface area contributed by atoms with Crippen molar-refractivity contribution >= 4 is 51.9 Å². The van der Waals surface area contributed by atoms with Gasteiger partial charge in [-0.2, -0.15) is 11.8 Å². The lowest BCUT2D eigenvalue weighted by molar-refractivity contribution is -0.121. The summed E-state index contributed by atoms with van der Waals surface area (Å²) in [4.78, 5) is 35.9. The Kier molecular flexibility index (Phi) is 14.2. The number of urea groups is 1. The summed E-state index contributed by atoms with van der Waals surface area (Å²) < 4.78 is 38.9. The van der Waals surface area contributed by atoms with E-state index >= 15 is 0 Å². The van der Waals surface area contributed by atoms with Crippen LogP contribution in [0.3, 0.4) is 0 Å². The second-order valence-electron chi connectivity index (χ2n) is 9.68. The van der Waals surface area contributed by atoms with Gasteiger partial charge in [0.2, 0.25) is 5.91 Å². The van der Waals surface area contributed by atoms with Crippen LogP contribution in [0, 0.1) is 0 Å². The van der Waals surface area contributed by atoms with Crippen LogP contribution in [0.25, 0.3) is 0 Å². The lowest BCUT2D eigenvalue weighted by Crippen LogP contribution is -2.36. The standard InChI is InChI=1S/C26H38FN5O5S2.ClH/c27-18(12-13-28)17-39(36,37)22-10-4-2-8-19(22)25(34)30-15-7-1-6-14-29-23(33)11-5-3-9-21-24-20(16-38-21)31-26(35)32-24;/h2,4,8,10,12,20-21,24H,1,3,5-7,9,11,13-17,28H2,(H,29,33)(H,30,34)(H2,31,32,35);1H/b18-12-;/t20-,21-,24-;/m0./s1. The van der Waals surface area contributed by atoms with Crippen molar-refractivity contribution in [2.75, 3.05) is 31.1 Å². The molecule has 2 aliphatic heterocycles. The summed E-state index contributed by atoms with van der Waals surface area (Å²) in [6.45, 7) is 0.782. The third-order valence-corrected chi connectivity index (χ3v) is 9.87. The zero-order valence-electron chi connectivity index (χ0n) is 22.3.